The highest BCUT2D eigenvalue weighted by Crippen LogP contribution is 2.42. The fourth-order valence-electron chi connectivity index (χ4n) is 9.28. The minimum Gasteiger partial charge on any atom is -0.493 e. The van der Waals surface area contributed by atoms with Crippen LogP contribution in [0.4, 0.5) is 18.4 Å². The highest BCUT2D eigenvalue weighted by Gasteiger charge is 2.50. The van der Waals surface area contributed by atoms with Gasteiger partial charge in [0.25, 0.3) is 16.1 Å². The number of piperazine rings is 1. The number of ether oxygens (including phenoxy) is 5. The van der Waals surface area contributed by atoms with Gasteiger partial charge in [0, 0.05) is 51.4 Å². The molecular weight excluding hydrogens is 1020 g/mol. The highest BCUT2D eigenvalue weighted by atomic mass is 35.5. The number of nitrogens with zero attached hydrogens (tertiary/aromatic N) is 5. The number of benzene rings is 5. The number of rotatable bonds is 23. The maximum absolute atomic E-state index is 15.9. The van der Waals surface area contributed by atoms with Crippen LogP contribution in [0.3, 0.4) is 0 Å². The van der Waals surface area contributed by atoms with Crippen molar-refractivity contribution in [3.63, 3.8) is 0 Å². The molecule has 8 rings (SSSR count). The molecule has 400 valence electrons. The highest BCUT2D eigenvalue weighted by molar-refractivity contribution is 6.32. The zero-order chi connectivity index (χ0) is 53.9. The molecule has 2 unspecified atom stereocenters. The van der Waals surface area contributed by atoms with Crippen LogP contribution in [0.15, 0.2) is 109 Å². The van der Waals surface area contributed by atoms with Crippen LogP contribution in [0.2, 0.25) is 5.02 Å². The summed E-state index contributed by atoms with van der Waals surface area (Å²) in [5.41, 5.74) is 4.84. The average molecular weight is 1070 g/mol. The molecule has 5 aromatic carbocycles. The Labute approximate surface area is 440 Å². The van der Waals surface area contributed by atoms with Crippen LogP contribution in [0.1, 0.15) is 65.5 Å². The Hall–Kier alpha value is -8.04. The first-order valence-electron chi connectivity index (χ1n) is 24.5. The summed E-state index contributed by atoms with van der Waals surface area (Å²) in [5, 5.41) is 19.6. The molecule has 76 heavy (non-hydrogen) atoms. The predicted molar refractivity (Wildman–Crippen MR) is 269 cm³/mol. The van der Waals surface area contributed by atoms with Crippen molar-refractivity contribution < 1.29 is 66.7 Å². The molecule has 0 radical (unpaired) electrons. The minimum absolute atomic E-state index is 0.0393. The molecule has 2 bridgehead atoms. The van der Waals surface area contributed by atoms with Gasteiger partial charge in [-0.25, -0.2) is 18.4 Å². The molecule has 5 aromatic rings. The number of amides is 3. The second-order valence-corrected chi connectivity index (χ2v) is 18.7. The molecule has 1 saturated carbocycles. The second kappa shape index (κ2) is 25.0. The van der Waals surface area contributed by atoms with E-state index in [0.717, 1.165) is 41.7 Å². The Morgan fingerprint density at radius 3 is 2.03 bits per heavy atom. The third-order valence-electron chi connectivity index (χ3n) is 13.1. The Balaban J connectivity index is 1.15. The number of fused-ring (bicyclic) bond motifs is 2. The average Bonchev–Trinajstić information content (AvgIpc) is 4.27. The smallest absolute Gasteiger partial charge is 0.416 e. The molecule has 0 aromatic heterocycles. The van der Waals surface area contributed by atoms with Crippen molar-refractivity contribution >= 4 is 35.3 Å². The van der Waals surface area contributed by atoms with Crippen LogP contribution in [-0.2, 0) is 45.4 Å². The summed E-state index contributed by atoms with van der Waals surface area (Å²) in [6.45, 7) is 2.00. The maximum Gasteiger partial charge on any atom is 0.416 e. The summed E-state index contributed by atoms with van der Waals surface area (Å²) in [5.74, 6) is -1.54. The van der Waals surface area contributed by atoms with E-state index in [0.29, 0.717) is 60.5 Å². The number of aryl methyl sites for hydroxylation is 1. The quantitative estimate of drug-likeness (QED) is 0.0258. The fourth-order valence-corrected chi connectivity index (χ4v) is 9.49. The normalized spacial score (nSPS) is 15.9. The molecule has 19 nitrogen and oxygen atoms in total. The second-order valence-electron chi connectivity index (χ2n) is 18.3. The number of hydrogen-bond acceptors (Lipinski definition) is 14. The Bertz CT molecular complexity index is 2980. The molecular formula is C54H54ClF2N5O14. The van der Waals surface area contributed by atoms with Crippen molar-refractivity contribution in [3.05, 3.63) is 179 Å². The van der Waals surface area contributed by atoms with Gasteiger partial charge < -0.3 is 43.2 Å². The van der Waals surface area contributed by atoms with E-state index in [1.807, 2.05) is 49.4 Å². The Morgan fingerprint density at radius 1 is 0.750 bits per heavy atom. The lowest BCUT2D eigenvalue weighted by atomic mass is 9.81. The van der Waals surface area contributed by atoms with E-state index in [2.05, 4.69) is 9.68 Å². The Morgan fingerprint density at radius 2 is 1.38 bits per heavy atom. The van der Waals surface area contributed by atoms with Crippen molar-refractivity contribution in [2.45, 2.75) is 83.3 Å². The van der Waals surface area contributed by atoms with Crippen molar-refractivity contribution in [2.75, 3.05) is 40.0 Å². The van der Waals surface area contributed by atoms with E-state index in [1.54, 1.807) is 36.3 Å². The van der Waals surface area contributed by atoms with Gasteiger partial charge in [-0.05, 0) is 120 Å². The fraction of sp³-hybridized carbons (Fsp3) is 0.352. The van der Waals surface area contributed by atoms with Crippen molar-refractivity contribution in [3.8, 4) is 23.0 Å². The molecule has 2 atom stereocenters. The summed E-state index contributed by atoms with van der Waals surface area (Å²) in [6.07, 6.45) is 1.42. The van der Waals surface area contributed by atoms with Gasteiger partial charge in [-0.15, -0.1) is 20.2 Å². The van der Waals surface area contributed by atoms with Gasteiger partial charge in [0.1, 0.15) is 41.3 Å². The molecule has 2 aliphatic heterocycles. The first-order chi connectivity index (χ1) is 36.7. The van der Waals surface area contributed by atoms with Gasteiger partial charge in [-0.3, -0.25) is 9.69 Å². The minimum atomic E-state index is -1.12. The topological polar surface area (TPSA) is 212 Å². The van der Waals surface area contributed by atoms with Crippen molar-refractivity contribution in [1.29, 1.82) is 0 Å². The van der Waals surface area contributed by atoms with Gasteiger partial charge in [0.15, 0.2) is 11.6 Å². The number of hydrogen-bond donors (Lipinski definition) is 0. The molecule has 1 aliphatic carbocycles. The molecule has 3 amide bonds. The third-order valence-corrected chi connectivity index (χ3v) is 13.5. The van der Waals surface area contributed by atoms with Crippen LogP contribution in [0.5, 0.6) is 23.0 Å². The van der Waals surface area contributed by atoms with Gasteiger partial charge in [0.2, 0.25) is 0 Å². The number of methoxy groups -OCH3 is 1. The summed E-state index contributed by atoms with van der Waals surface area (Å²) in [4.78, 5) is 80.5. The summed E-state index contributed by atoms with van der Waals surface area (Å²) < 4.78 is 57.1. The lowest BCUT2D eigenvalue weighted by Crippen LogP contribution is -2.66. The van der Waals surface area contributed by atoms with Gasteiger partial charge in [-0.1, -0.05) is 72.3 Å². The first-order valence-corrected chi connectivity index (χ1v) is 24.8. The van der Waals surface area contributed by atoms with Crippen LogP contribution in [0, 0.1) is 38.8 Å². The SMILES string of the molecule is COCCCOc1cccc(CN(C(=O)C2=C(c3ccc(CCCOc4c(F)ccc(F)c4Cl)cc3)CC3CN(C(=O)Oc4cccc(CO[N+](=O)[O-])c4)CC2N3C(=O)Oc2cccc(CO[N+](=O)[O-])c2)C2CC2)c1C. The standard InChI is InChI=1S/C54H54ClF2N5O14/c1-34-39(11-5-14-48(34)71-25-7-23-70-2)29-59(40-19-20-40)52(63)49-44(38-17-15-35(16-18-38)10-6-24-72-51-46(57)22-21-45(56)50(51)55)28-41-30-58(53(64)75-42-12-3-8-36(26-42)32-73-61(66)67)31-47(49)60(41)54(65)76-43-13-4-9-37(27-43)33-74-62(68)69/h3-5,8-9,11-18,21-22,26-27,40-41,47H,6-7,10,19-20,23-25,28-33H2,1-2H3. The van der Waals surface area contributed by atoms with Crippen molar-refractivity contribution in [1.82, 2.24) is 14.7 Å². The van der Waals surface area contributed by atoms with Gasteiger partial charge in [-0.2, -0.15) is 0 Å². The van der Waals surface area contributed by atoms with Gasteiger partial charge >= 0.3 is 12.2 Å². The zero-order valence-corrected chi connectivity index (χ0v) is 42.3. The molecule has 2 heterocycles. The van der Waals surface area contributed by atoms with Crippen molar-refractivity contribution in [2.24, 2.45) is 0 Å². The molecule has 22 heteroatoms. The molecule has 2 fully saturated rings. The molecule has 0 N–H and O–H groups in total. The van der Waals surface area contributed by atoms with E-state index >= 15 is 4.79 Å². The first kappa shape index (κ1) is 54.2. The van der Waals surface area contributed by atoms with E-state index in [-0.39, 0.29) is 74.0 Å². The number of halogens is 3. The monoisotopic (exact) mass is 1070 g/mol. The lowest BCUT2D eigenvalue weighted by Gasteiger charge is -2.50. The zero-order valence-electron chi connectivity index (χ0n) is 41.5. The van der Waals surface area contributed by atoms with Crippen LogP contribution < -0.4 is 18.9 Å². The van der Waals surface area contributed by atoms with E-state index < -0.39 is 57.7 Å². The predicted octanol–water partition coefficient (Wildman–Crippen LogP) is 9.87. The number of carbonyl (C=O) groups is 3. The lowest BCUT2D eigenvalue weighted by molar-refractivity contribution is -0.763. The summed E-state index contributed by atoms with van der Waals surface area (Å²) in [6, 6.07) is 25.1. The number of carbonyl (C=O) groups excluding carboxylic acids is 3. The Kier molecular flexibility index (Phi) is 17.8. The molecule has 1 saturated heterocycles. The van der Waals surface area contributed by atoms with Crippen LogP contribution >= 0.6 is 11.6 Å². The van der Waals surface area contributed by atoms with Gasteiger partial charge in [0.05, 0.1) is 25.3 Å². The van der Waals surface area contributed by atoms with Crippen LogP contribution in [0.25, 0.3) is 5.57 Å². The maximum atomic E-state index is 15.9. The van der Waals surface area contributed by atoms with Crippen LogP contribution in [-0.4, -0.2) is 101 Å². The molecule has 0 spiro atoms. The molecule has 3 aliphatic rings. The summed E-state index contributed by atoms with van der Waals surface area (Å²) in [7, 11) is 1.62. The summed E-state index contributed by atoms with van der Waals surface area (Å²) >= 11 is 5.96. The van der Waals surface area contributed by atoms with E-state index in [1.165, 1.54) is 34.1 Å². The van der Waals surface area contributed by atoms with E-state index in [9.17, 15) is 38.6 Å². The third kappa shape index (κ3) is 13.6. The van der Waals surface area contributed by atoms with E-state index in [4.69, 9.17) is 35.3 Å². The largest absolute Gasteiger partial charge is 0.493 e.